The molecule has 0 aliphatic carbocycles. The molecule has 0 saturated heterocycles. The molecule has 108 valence electrons. The topological polar surface area (TPSA) is 53.6 Å². The van der Waals surface area contributed by atoms with Crippen LogP contribution in [0.15, 0.2) is 35.3 Å². The third-order valence-electron chi connectivity index (χ3n) is 3.01. The standard InChI is InChI=1S/C14H24N4.HI/c1-4-18(5-2)12(3)11-16-14(15)17-13-9-7-6-8-10-13;/h6-10,12H,4-5,11H2,1-3H3,(H3,15,16,17);1H. The van der Waals surface area contributed by atoms with E-state index in [1.165, 1.54) is 0 Å². The zero-order chi connectivity index (χ0) is 13.4. The molecule has 0 radical (unpaired) electrons. The van der Waals surface area contributed by atoms with Crippen LogP contribution < -0.4 is 11.1 Å². The lowest BCUT2D eigenvalue weighted by atomic mass is 10.3. The van der Waals surface area contributed by atoms with E-state index in [4.69, 9.17) is 5.73 Å². The minimum Gasteiger partial charge on any atom is -0.370 e. The molecule has 0 saturated carbocycles. The summed E-state index contributed by atoms with van der Waals surface area (Å²) in [6.07, 6.45) is 0. The Morgan fingerprint density at radius 2 is 1.84 bits per heavy atom. The van der Waals surface area contributed by atoms with Gasteiger partial charge in [0, 0.05) is 11.7 Å². The van der Waals surface area contributed by atoms with Crippen LogP contribution in [0, 0.1) is 0 Å². The van der Waals surface area contributed by atoms with Crippen LogP contribution in [0.25, 0.3) is 0 Å². The van der Waals surface area contributed by atoms with Gasteiger partial charge in [0.05, 0.1) is 6.54 Å². The average Bonchev–Trinajstić information content (AvgIpc) is 2.39. The first kappa shape index (κ1) is 18.2. The van der Waals surface area contributed by atoms with E-state index in [2.05, 4.69) is 36.0 Å². The van der Waals surface area contributed by atoms with Crippen molar-refractivity contribution in [1.29, 1.82) is 0 Å². The molecule has 1 rings (SSSR count). The van der Waals surface area contributed by atoms with Gasteiger partial charge in [0.25, 0.3) is 0 Å². The van der Waals surface area contributed by atoms with Gasteiger partial charge in [0.15, 0.2) is 5.96 Å². The third-order valence-corrected chi connectivity index (χ3v) is 3.01. The second-order valence-corrected chi connectivity index (χ2v) is 4.29. The molecular weight excluding hydrogens is 351 g/mol. The molecule has 1 aromatic carbocycles. The Morgan fingerprint density at radius 1 is 1.26 bits per heavy atom. The maximum Gasteiger partial charge on any atom is 0.193 e. The fourth-order valence-corrected chi connectivity index (χ4v) is 1.90. The van der Waals surface area contributed by atoms with Gasteiger partial charge in [-0.3, -0.25) is 9.89 Å². The minimum absolute atomic E-state index is 0. The lowest BCUT2D eigenvalue weighted by Crippen LogP contribution is -2.36. The number of likely N-dealkylation sites (N-methyl/N-ethyl adjacent to an activating group) is 1. The maximum absolute atomic E-state index is 5.86. The second-order valence-electron chi connectivity index (χ2n) is 4.29. The lowest BCUT2D eigenvalue weighted by molar-refractivity contribution is 0.237. The molecule has 0 bridgehead atoms. The SMILES string of the molecule is CCN(CC)C(C)CN=C(N)Nc1ccccc1.I. The van der Waals surface area contributed by atoms with Crippen LogP contribution in [0.1, 0.15) is 20.8 Å². The first-order valence-electron chi connectivity index (χ1n) is 6.53. The van der Waals surface area contributed by atoms with Crippen LogP contribution in [0.3, 0.4) is 0 Å². The largest absolute Gasteiger partial charge is 0.370 e. The number of nitrogens with zero attached hydrogens (tertiary/aromatic N) is 2. The quantitative estimate of drug-likeness (QED) is 0.456. The fraction of sp³-hybridized carbons (Fsp3) is 0.500. The number of hydrogen-bond donors (Lipinski definition) is 2. The van der Waals surface area contributed by atoms with Crippen molar-refractivity contribution in [1.82, 2.24) is 4.90 Å². The van der Waals surface area contributed by atoms with E-state index in [0.717, 1.165) is 18.8 Å². The van der Waals surface area contributed by atoms with Crippen LogP contribution in [-0.4, -0.2) is 36.5 Å². The number of anilines is 1. The van der Waals surface area contributed by atoms with Crippen LogP contribution in [0.4, 0.5) is 5.69 Å². The van der Waals surface area contributed by atoms with Gasteiger partial charge in [-0.1, -0.05) is 32.0 Å². The van der Waals surface area contributed by atoms with Gasteiger partial charge in [-0.25, -0.2) is 0 Å². The van der Waals surface area contributed by atoms with Crippen LogP contribution in [0.2, 0.25) is 0 Å². The molecule has 3 N–H and O–H groups in total. The second kappa shape index (κ2) is 10.0. The predicted molar refractivity (Wildman–Crippen MR) is 94.4 cm³/mol. The van der Waals surface area contributed by atoms with E-state index in [9.17, 15) is 0 Å². The molecule has 0 fully saturated rings. The summed E-state index contributed by atoms with van der Waals surface area (Å²) in [5.41, 5.74) is 6.82. The number of para-hydroxylation sites is 1. The number of nitrogens with two attached hydrogens (primary N) is 1. The molecule has 1 unspecified atom stereocenters. The molecule has 0 aliphatic heterocycles. The molecule has 4 nitrogen and oxygen atoms in total. The molecule has 0 amide bonds. The summed E-state index contributed by atoms with van der Waals surface area (Å²) >= 11 is 0. The highest BCUT2D eigenvalue weighted by Crippen LogP contribution is 2.04. The van der Waals surface area contributed by atoms with Crippen LogP contribution >= 0.6 is 24.0 Å². The van der Waals surface area contributed by atoms with E-state index < -0.39 is 0 Å². The molecule has 1 aromatic rings. The fourth-order valence-electron chi connectivity index (χ4n) is 1.90. The first-order valence-corrected chi connectivity index (χ1v) is 6.53. The summed E-state index contributed by atoms with van der Waals surface area (Å²) in [6, 6.07) is 10.3. The first-order chi connectivity index (χ1) is 8.67. The van der Waals surface area contributed by atoms with Gasteiger partial charge in [-0.15, -0.1) is 24.0 Å². The van der Waals surface area contributed by atoms with Crippen molar-refractivity contribution >= 4 is 35.6 Å². The number of rotatable bonds is 6. The molecule has 1 atom stereocenters. The van der Waals surface area contributed by atoms with Gasteiger partial charge in [0.2, 0.25) is 0 Å². The number of aliphatic imine (C=N–C) groups is 1. The zero-order valence-corrected chi connectivity index (χ0v) is 14.3. The lowest BCUT2D eigenvalue weighted by Gasteiger charge is -2.24. The summed E-state index contributed by atoms with van der Waals surface area (Å²) in [5, 5.41) is 3.08. The summed E-state index contributed by atoms with van der Waals surface area (Å²) in [7, 11) is 0. The monoisotopic (exact) mass is 376 g/mol. The molecule has 0 spiro atoms. The molecular formula is C14H25IN4. The summed E-state index contributed by atoms with van der Waals surface area (Å²) in [6.45, 7) is 9.29. The van der Waals surface area contributed by atoms with Gasteiger partial charge in [0.1, 0.15) is 0 Å². The maximum atomic E-state index is 5.86. The predicted octanol–water partition coefficient (Wildman–Crippen LogP) is 2.76. The van der Waals surface area contributed by atoms with Crippen LogP contribution in [-0.2, 0) is 0 Å². The molecule has 0 heterocycles. The van der Waals surface area contributed by atoms with Crippen molar-refractivity contribution in [3.05, 3.63) is 30.3 Å². The zero-order valence-electron chi connectivity index (χ0n) is 12.0. The Hall–Kier alpha value is -0.820. The molecule has 19 heavy (non-hydrogen) atoms. The molecule has 0 aliphatic rings. The van der Waals surface area contributed by atoms with Crippen molar-refractivity contribution in [2.75, 3.05) is 25.0 Å². The van der Waals surface area contributed by atoms with Gasteiger partial charge >= 0.3 is 0 Å². The molecule has 5 heteroatoms. The van der Waals surface area contributed by atoms with Crippen molar-refractivity contribution in [3.8, 4) is 0 Å². The minimum atomic E-state index is 0. The van der Waals surface area contributed by atoms with E-state index in [-0.39, 0.29) is 24.0 Å². The van der Waals surface area contributed by atoms with Gasteiger partial charge in [-0.05, 0) is 32.1 Å². The van der Waals surface area contributed by atoms with E-state index >= 15 is 0 Å². The number of benzene rings is 1. The van der Waals surface area contributed by atoms with E-state index in [0.29, 0.717) is 18.5 Å². The Morgan fingerprint density at radius 3 is 2.37 bits per heavy atom. The highest BCUT2D eigenvalue weighted by atomic mass is 127. The number of guanidine groups is 1. The van der Waals surface area contributed by atoms with Gasteiger partial charge < -0.3 is 11.1 Å². The van der Waals surface area contributed by atoms with E-state index in [1.807, 2.05) is 30.3 Å². The Kier molecular flexibility index (Phi) is 9.59. The van der Waals surface area contributed by atoms with Crippen molar-refractivity contribution in [3.63, 3.8) is 0 Å². The normalized spacial score (nSPS) is 12.9. The van der Waals surface area contributed by atoms with Crippen molar-refractivity contribution in [2.45, 2.75) is 26.8 Å². The number of nitrogens with one attached hydrogen (secondary N) is 1. The van der Waals surface area contributed by atoms with Gasteiger partial charge in [-0.2, -0.15) is 0 Å². The number of hydrogen-bond acceptors (Lipinski definition) is 2. The Labute approximate surface area is 133 Å². The Balaban J connectivity index is 0.00000324. The highest BCUT2D eigenvalue weighted by Gasteiger charge is 2.08. The number of halogens is 1. The molecule has 0 aromatic heterocycles. The summed E-state index contributed by atoms with van der Waals surface area (Å²) < 4.78 is 0. The summed E-state index contributed by atoms with van der Waals surface area (Å²) in [4.78, 5) is 6.74. The van der Waals surface area contributed by atoms with Crippen molar-refractivity contribution < 1.29 is 0 Å². The highest BCUT2D eigenvalue weighted by molar-refractivity contribution is 14.0. The smallest absolute Gasteiger partial charge is 0.193 e. The van der Waals surface area contributed by atoms with Crippen LogP contribution in [0.5, 0.6) is 0 Å². The average molecular weight is 376 g/mol. The van der Waals surface area contributed by atoms with Crippen molar-refractivity contribution in [2.24, 2.45) is 10.7 Å². The summed E-state index contributed by atoms with van der Waals surface area (Å²) in [5.74, 6) is 0.472. The Bertz CT molecular complexity index is 363. The third kappa shape index (κ3) is 6.77. The van der Waals surface area contributed by atoms with E-state index in [1.54, 1.807) is 0 Å².